The number of aryl methyl sites for hydroxylation is 1. The van der Waals surface area contributed by atoms with Gasteiger partial charge >= 0.3 is 5.91 Å². The zero-order valence-electron chi connectivity index (χ0n) is 9.38. The van der Waals surface area contributed by atoms with Gasteiger partial charge in [-0.25, -0.2) is 5.43 Å². The van der Waals surface area contributed by atoms with Crippen LogP contribution in [0, 0.1) is 6.92 Å². The summed E-state index contributed by atoms with van der Waals surface area (Å²) in [5.41, 5.74) is 3.32. The molecular weight excluding hydrogens is 216 g/mol. The van der Waals surface area contributed by atoms with E-state index in [0.717, 1.165) is 5.56 Å². The molecule has 4 heteroatoms. The Bertz CT molecular complexity index is 529. The van der Waals surface area contributed by atoms with Crippen LogP contribution >= 0.6 is 0 Å². The SMILES string of the molecule is Cc1ccc(C(=O)N/N=C/c2ccccc2)o1. The first kappa shape index (κ1) is 11.1. The molecule has 1 heterocycles. The third-order valence-corrected chi connectivity index (χ3v) is 2.14. The van der Waals surface area contributed by atoms with Crippen molar-refractivity contribution in [1.29, 1.82) is 0 Å². The summed E-state index contributed by atoms with van der Waals surface area (Å²) in [4.78, 5) is 11.5. The van der Waals surface area contributed by atoms with Crippen molar-refractivity contribution < 1.29 is 9.21 Å². The van der Waals surface area contributed by atoms with E-state index in [1.807, 2.05) is 30.3 Å². The van der Waals surface area contributed by atoms with Crippen LogP contribution in [0.5, 0.6) is 0 Å². The monoisotopic (exact) mass is 228 g/mol. The number of nitrogens with one attached hydrogen (secondary N) is 1. The summed E-state index contributed by atoms with van der Waals surface area (Å²) < 4.78 is 5.16. The highest BCUT2D eigenvalue weighted by Crippen LogP contribution is 2.05. The Balaban J connectivity index is 1.95. The number of carbonyl (C=O) groups is 1. The molecule has 0 fully saturated rings. The Hall–Kier alpha value is -2.36. The Morgan fingerprint density at radius 3 is 2.65 bits per heavy atom. The molecule has 17 heavy (non-hydrogen) atoms. The van der Waals surface area contributed by atoms with Gasteiger partial charge in [-0.3, -0.25) is 4.79 Å². The van der Waals surface area contributed by atoms with Gasteiger partial charge in [0.15, 0.2) is 5.76 Å². The van der Waals surface area contributed by atoms with Crippen LogP contribution in [0.4, 0.5) is 0 Å². The summed E-state index contributed by atoms with van der Waals surface area (Å²) in [6.07, 6.45) is 1.58. The molecule has 1 amide bonds. The van der Waals surface area contributed by atoms with E-state index in [4.69, 9.17) is 4.42 Å². The van der Waals surface area contributed by atoms with E-state index in [9.17, 15) is 4.79 Å². The molecule has 0 aliphatic carbocycles. The summed E-state index contributed by atoms with van der Waals surface area (Å²) in [5, 5.41) is 3.84. The quantitative estimate of drug-likeness (QED) is 0.647. The number of amides is 1. The molecule has 0 unspecified atom stereocenters. The Morgan fingerprint density at radius 1 is 1.24 bits per heavy atom. The highest BCUT2D eigenvalue weighted by molar-refractivity contribution is 5.92. The number of furan rings is 1. The average Bonchev–Trinajstić information content (AvgIpc) is 2.77. The minimum atomic E-state index is -0.356. The predicted molar refractivity (Wildman–Crippen MR) is 64.9 cm³/mol. The van der Waals surface area contributed by atoms with Gasteiger partial charge in [0.1, 0.15) is 5.76 Å². The van der Waals surface area contributed by atoms with Gasteiger partial charge in [0, 0.05) is 0 Å². The predicted octanol–water partition coefficient (Wildman–Crippen LogP) is 2.35. The van der Waals surface area contributed by atoms with E-state index >= 15 is 0 Å². The molecule has 4 nitrogen and oxygen atoms in total. The molecule has 0 aliphatic rings. The van der Waals surface area contributed by atoms with Crippen molar-refractivity contribution in [2.24, 2.45) is 5.10 Å². The molecule has 0 aliphatic heterocycles. The van der Waals surface area contributed by atoms with Crippen molar-refractivity contribution in [3.8, 4) is 0 Å². The number of carbonyl (C=O) groups excluding carboxylic acids is 1. The zero-order valence-corrected chi connectivity index (χ0v) is 9.38. The Morgan fingerprint density at radius 2 is 2.00 bits per heavy atom. The summed E-state index contributed by atoms with van der Waals surface area (Å²) in [6, 6.07) is 12.9. The number of benzene rings is 1. The van der Waals surface area contributed by atoms with E-state index in [1.54, 1.807) is 25.3 Å². The van der Waals surface area contributed by atoms with Crippen molar-refractivity contribution in [3.05, 3.63) is 59.5 Å². The van der Waals surface area contributed by atoms with Crippen LogP contribution in [-0.2, 0) is 0 Å². The largest absolute Gasteiger partial charge is 0.456 e. The second-order valence-electron chi connectivity index (χ2n) is 3.52. The van der Waals surface area contributed by atoms with E-state index < -0.39 is 0 Å². The first-order chi connectivity index (χ1) is 8.25. The highest BCUT2D eigenvalue weighted by atomic mass is 16.3. The first-order valence-corrected chi connectivity index (χ1v) is 5.20. The van der Waals surface area contributed by atoms with E-state index in [0.29, 0.717) is 5.76 Å². The maximum Gasteiger partial charge on any atom is 0.307 e. The van der Waals surface area contributed by atoms with Crippen LogP contribution in [0.3, 0.4) is 0 Å². The molecular formula is C13H12N2O2. The van der Waals surface area contributed by atoms with Gasteiger partial charge in [-0.05, 0) is 24.6 Å². The minimum absolute atomic E-state index is 0.257. The molecule has 1 aromatic carbocycles. The average molecular weight is 228 g/mol. The van der Waals surface area contributed by atoms with Crippen LogP contribution in [0.25, 0.3) is 0 Å². The molecule has 0 atom stereocenters. The van der Waals surface area contributed by atoms with E-state index in [2.05, 4.69) is 10.5 Å². The lowest BCUT2D eigenvalue weighted by molar-refractivity contribution is 0.0926. The molecule has 2 aromatic rings. The number of rotatable bonds is 3. The van der Waals surface area contributed by atoms with Gasteiger partial charge in [0.2, 0.25) is 0 Å². The number of hydrogen-bond acceptors (Lipinski definition) is 3. The van der Waals surface area contributed by atoms with Crippen LogP contribution in [-0.4, -0.2) is 12.1 Å². The molecule has 0 saturated carbocycles. The lowest BCUT2D eigenvalue weighted by Crippen LogP contribution is -2.16. The molecule has 86 valence electrons. The summed E-state index contributed by atoms with van der Waals surface area (Å²) in [7, 11) is 0. The van der Waals surface area contributed by atoms with Crippen molar-refractivity contribution in [2.45, 2.75) is 6.92 Å². The van der Waals surface area contributed by atoms with Gasteiger partial charge in [-0.15, -0.1) is 0 Å². The molecule has 1 aromatic heterocycles. The molecule has 1 N–H and O–H groups in total. The molecule has 0 bridgehead atoms. The topological polar surface area (TPSA) is 54.6 Å². The third-order valence-electron chi connectivity index (χ3n) is 2.14. The van der Waals surface area contributed by atoms with Crippen LogP contribution in [0.2, 0.25) is 0 Å². The van der Waals surface area contributed by atoms with E-state index in [1.165, 1.54) is 0 Å². The smallest absolute Gasteiger partial charge is 0.307 e. The van der Waals surface area contributed by atoms with Gasteiger partial charge in [-0.2, -0.15) is 5.10 Å². The van der Waals surface area contributed by atoms with Crippen molar-refractivity contribution in [2.75, 3.05) is 0 Å². The van der Waals surface area contributed by atoms with Gasteiger partial charge in [0.25, 0.3) is 0 Å². The lowest BCUT2D eigenvalue weighted by Gasteiger charge is -1.95. The first-order valence-electron chi connectivity index (χ1n) is 5.20. The van der Waals surface area contributed by atoms with Crippen LogP contribution in [0.1, 0.15) is 21.9 Å². The number of hydrazone groups is 1. The molecule has 0 saturated heterocycles. The second-order valence-corrected chi connectivity index (χ2v) is 3.52. The van der Waals surface area contributed by atoms with Crippen LogP contribution in [0.15, 0.2) is 52.0 Å². The summed E-state index contributed by atoms with van der Waals surface area (Å²) in [6.45, 7) is 1.78. The highest BCUT2D eigenvalue weighted by Gasteiger charge is 2.07. The maximum absolute atomic E-state index is 11.5. The lowest BCUT2D eigenvalue weighted by atomic mass is 10.2. The van der Waals surface area contributed by atoms with Gasteiger partial charge in [-0.1, -0.05) is 30.3 Å². The van der Waals surface area contributed by atoms with Crippen molar-refractivity contribution in [1.82, 2.24) is 5.43 Å². The molecule has 0 radical (unpaired) electrons. The molecule has 0 spiro atoms. The van der Waals surface area contributed by atoms with Gasteiger partial charge in [0.05, 0.1) is 6.21 Å². The Labute approximate surface area is 99.0 Å². The second kappa shape index (κ2) is 5.12. The molecule has 2 rings (SSSR count). The fourth-order valence-electron chi connectivity index (χ4n) is 1.32. The van der Waals surface area contributed by atoms with Gasteiger partial charge < -0.3 is 4.42 Å². The van der Waals surface area contributed by atoms with E-state index in [-0.39, 0.29) is 11.7 Å². The zero-order chi connectivity index (χ0) is 12.1. The standard InChI is InChI=1S/C13H12N2O2/c1-10-7-8-12(17-10)13(16)15-14-9-11-5-3-2-4-6-11/h2-9H,1H3,(H,15,16)/b14-9+. The van der Waals surface area contributed by atoms with Crippen LogP contribution < -0.4 is 5.43 Å². The normalized spacial score (nSPS) is 10.6. The summed E-state index contributed by atoms with van der Waals surface area (Å²) >= 11 is 0. The van der Waals surface area contributed by atoms with Crippen molar-refractivity contribution in [3.63, 3.8) is 0 Å². The third kappa shape index (κ3) is 3.04. The van der Waals surface area contributed by atoms with Crippen molar-refractivity contribution >= 4 is 12.1 Å². The fourth-order valence-corrected chi connectivity index (χ4v) is 1.32. The Kier molecular flexibility index (Phi) is 3.35. The number of nitrogens with zero attached hydrogens (tertiary/aromatic N) is 1. The minimum Gasteiger partial charge on any atom is -0.456 e. The number of hydrogen-bond donors (Lipinski definition) is 1. The summed E-state index contributed by atoms with van der Waals surface area (Å²) in [5.74, 6) is 0.597. The fraction of sp³-hybridized carbons (Fsp3) is 0.0769. The maximum atomic E-state index is 11.5.